The van der Waals surface area contributed by atoms with Crippen molar-refractivity contribution < 1.29 is 4.79 Å². The van der Waals surface area contributed by atoms with Crippen LogP contribution in [0.15, 0.2) is 18.3 Å². The lowest BCUT2D eigenvalue weighted by Gasteiger charge is -2.39. The van der Waals surface area contributed by atoms with E-state index in [9.17, 15) is 4.79 Å². The molecule has 1 amide bonds. The zero-order valence-electron chi connectivity index (χ0n) is 13.6. The third kappa shape index (κ3) is 3.31. The lowest BCUT2D eigenvalue weighted by Crippen LogP contribution is -2.48. The Morgan fingerprint density at radius 1 is 1.43 bits per heavy atom. The van der Waals surface area contributed by atoms with Gasteiger partial charge in [0.05, 0.1) is 0 Å². The summed E-state index contributed by atoms with van der Waals surface area (Å²) in [5.41, 5.74) is 6.74. The maximum Gasteiger partial charge on any atom is 0.270 e. The average Bonchev–Trinajstić information content (AvgIpc) is 2.98. The van der Waals surface area contributed by atoms with Gasteiger partial charge in [-0.3, -0.25) is 4.79 Å². The molecule has 0 radical (unpaired) electrons. The molecule has 2 rings (SSSR count). The molecule has 4 heteroatoms. The molecule has 0 aliphatic heterocycles. The van der Waals surface area contributed by atoms with E-state index < -0.39 is 0 Å². The third-order valence-corrected chi connectivity index (χ3v) is 4.73. The van der Waals surface area contributed by atoms with Crippen LogP contribution in [0.3, 0.4) is 0 Å². The van der Waals surface area contributed by atoms with Gasteiger partial charge in [0, 0.05) is 24.8 Å². The molecule has 21 heavy (non-hydrogen) atoms. The Hall–Kier alpha value is -1.29. The molecule has 1 aliphatic carbocycles. The van der Waals surface area contributed by atoms with Crippen LogP contribution in [0.4, 0.5) is 0 Å². The molecular weight excluding hydrogens is 262 g/mol. The van der Waals surface area contributed by atoms with Gasteiger partial charge >= 0.3 is 0 Å². The van der Waals surface area contributed by atoms with Crippen molar-refractivity contribution in [3.8, 4) is 0 Å². The van der Waals surface area contributed by atoms with Gasteiger partial charge in [-0.25, -0.2) is 0 Å². The van der Waals surface area contributed by atoms with Crippen LogP contribution in [0, 0.1) is 5.92 Å². The van der Waals surface area contributed by atoms with Crippen molar-refractivity contribution in [2.24, 2.45) is 11.7 Å². The largest absolute Gasteiger partial charge is 0.341 e. The molecule has 1 heterocycles. The van der Waals surface area contributed by atoms with Crippen LogP contribution in [-0.2, 0) is 0 Å². The number of nitrogens with zero attached hydrogens (tertiary/aromatic N) is 2. The quantitative estimate of drug-likeness (QED) is 0.906. The summed E-state index contributed by atoms with van der Waals surface area (Å²) >= 11 is 0. The maximum atomic E-state index is 13.0. The van der Waals surface area contributed by atoms with Crippen molar-refractivity contribution >= 4 is 5.91 Å². The lowest BCUT2D eigenvalue weighted by molar-refractivity contribution is 0.0548. The summed E-state index contributed by atoms with van der Waals surface area (Å²) in [5, 5.41) is 0. The highest BCUT2D eigenvalue weighted by molar-refractivity contribution is 5.93. The van der Waals surface area contributed by atoms with Crippen LogP contribution in [0.1, 0.15) is 63.0 Å². The van der Waals surface area contributed by atoms with Gasteiger partial charge in [-0.1, -0.05) is 12.8 Å². The molecule has 118 valence electrons. The Morgan fingerprint density at radius 3 is 2.76 bits per heavy atom. The molecule has 1 aromatic heterocycles. The minimum Gasteiger partial charge on any atom is -0.341 e. The molecule has 4 nitrogen and oxygen atoms in total. The number of nitrogens with two attached hydrogens (primary N) is 1. The first-order chi connectivity index (χ1) is 10.1. The van der Waals surface area contributed by atoms with Crippen LogP contribution in [0.5, 0.6) is 0 Å². The summed E-state index contributed by atoms with van der Waals surface area (Å²) in [4.78, 5) is 15.0. The molecule has 0 bridgehead atoms. The third-order valence-electron chi connectivity index (χ3n) is 4.73. The smallest absolute Gasteiger partial charge is 0.270 e. The van der Waals surface area contributed by atoms with Crippen molar-refractivity contribution in [2.75, 3.05) is 13.1 Å². The van der Waals surface area contributed by atoms with Crippen molar-refractivity contribution in [1.29, 1.82) is 0 Å². The Labute approximate surface area is 128 Å². The first-order valence-corrected chi connectivity index (χ1v) is 8.28. The fraction of sp³-hybridized carbons (Fsp3) is 0.706. The van der Waals surface area contributed by atoms with Gasteiger partial charge in [-0.05, 0) is 58.2 Å². The number of rotatable bonds is 5. The number of aromatic nitrogens is 1. The molecular formula is C17H29N3O. The van der Waals surface area contributed by atoms with Crippen molar-refractivity contribution in [3.63, 3.8) is 0 Å². The fourth-order valence-electron chi connectivity index (χ4n) is 3.57. The van der Waals surface area contributed by atoms with Crippen LogP contribution in [0.2, 0.25) is 0 Å². The predicted octanol–water partition coefficient (Wildman–Crippen LogP) is 3.05. The zero-order valence-corrected chi connectivity index (χ0v) is 13.6. The van der Waals surface area contributed by atoms with Crippen LogP contribution < -0.4 is 5.73 Å². The van der Waals surface area contributed by atoms with Gasteiger partial charge in [0.2, 0.25) is 0 Å². The zero-order chi connectivity index (χ0) is 15.4. The molecule has 2 atom stereocenters. The summed E-state index contributed by atoms with van der Waals surface area (Å²) in [6.07, 6.45) is 6.68. The second kappa shape index (κ2) is 7.12. The Balaban J connectivity index is 2.23. The van der Waals surface area contributed by atoms with E-state index in [-0.39, 0.29) is 5.91 Å². The van der Waals surface area contributed by atoms with Gasteiger partial charge in [-0.2, -0.15) is 0 Å². The predicted molar refractivity (Wildman–Crippen MR) is 86.3 cm³/mol. The van der Waals surface area contributed by atoms with Gasteiger partial charge in [-0.15, -0.1) is 0 Å². The van der Waals surface area contributed by atoms with Crippen molar-refractivity contribution in [1.82, 2.24) is 9.47 Å². The van der Waals surface area contributed by atoms with E-state index in [0.29, 0.717) is 24.5 Å². The number of amides is 1. The molecule has 1 saturated carbocycles. The van der Waals surface area contributed by atoms with Crippen molar-refractivity contribution in [2.45, 2.75) is 58.5 Å². The summed E-state index contributed by atoms with van der Waals surface area (Å²) in [6.45, 7) is 7.72. The molecule has 2 N–H and O–H groups in total. The van der Waals surface area contributed by atoms with Crippen molar-refractivity contribution in [3.05, 3.63) is 24.0 Å². The standard InChI is InChI=1S/C17H29N3O/c1-4-19(15-9-6-5-8-14(15)12-18)17(21)16-10-7-11-20(16)13(2)3/h7,10-11,13-15H,4-6,8-9,12,18H2,1-3H3. The fourth-order valence-corrected chi connectivity index (χ4v) is 3.57. The average molecular weight is 291 g/mol. The van der Waals surface area contributed by atoms with E-state index in [1.165, 1.54) is 12.8 Å². The van der Waals surface area contributed by atoms with E-state index in [1.807, 2.05) is 23.2 Å². The van der Waals surface area contributed by atoms with E-state index in [0.717, 1.165) is 25.1 Å². The normalized spacial score (nSPS) is 22.5. The van der Waals surface area contributed by atoms with Gasteiger partial charge in [0.15, 0.2) is 0 Å². The van der Waals surface area contributed by atoms with Crippen LogP contribution in [0.25, 0.3) is 0 Å². The minimum atomic E-state index is 0.154. The lowest BCUT2D eigenvalue weighted by atomic mass is 9.83. The number of carbonyl (C=O) groups excluding carboxylic acids is 1. The van der Waals surface area contributed by atoms with E-state index >= 15 is 0 Å². The molecule has 1 aromatic rings. The monoisotopic (exact) mass is 291 g/mol. The SMILES string of the molecule is CCN(C(=O)c1cccn1C(C)C)C1CCCCC1CN. The van der Waals surface area contributed by atoms with Gasteiger partial charge < -0.3 is 15.2 Å². The summed E-state index contributed by atoms with van der Waals surface area (Å²) < 4.78 is 2.06. The number of hydrogen-bond donors (Lipinski definition) is 1. The van der Waals surface area contributed by atoms with E-state index in [2.05, 4.69) is 25.3 Å². The van der Waals surface area contributed by atoms with Gasteiger partial charge in [0.1, 0.15) is 5.69 Å². The topological polar surface area (TPSA) is 51.3 Å². The number of carbonyl (C=O) groups is 1. The molecule has 0 saturated heterocycles. The van der Waals surface area contributed by atoms with E-state index in [1.54, 1.807) is 0 Å². The molecule has 1 fully saturated rings. The Bertz CT molecular complexity index is 466. The first-order valence-electron chi connectivity index (χ1n) is 8.28. The summed E-state index contributed by atoms with van der Waals surface area (Å²) in [5.74, 6) is 0.603. The van der Waals surface area contributed by atoms with Gasteiger partial charge in [0.25, 0.3) is 5.91 Å². The number of hydrogen-bond acceptors (Lipinski definition) is 2. The second-order valence-electron chi connectivity index (χ2n) is 6.33. The molecule has 1 aliphatic rings. The summed E-state index contributed by atoms with van der Waals surface area (Å²) in [6, 6.07) is 4.50. The highest BCUT2D eigenvalue weighted by Gasteiger charge is 2.32. The Kier molecular flexibility index (Phi) is 5.45. The highest BCUT2D eigenvalue weighted by atomic mass is 16.2. The van der Waals surface area contributed by atoms with E-state index in [4.69, 9.17) is 5.73 Å². The molecule has 0 aromatic carbocycles. The first kappa shape index (κ1) is 16.1. The maximum absolute atomic E-state index is 13.0. The minimum absolute atomic E-state index is 0.154. The molecule has 2 unspecified atom stereocenters. The Morgan fingerprint density at radius 2 is 2.14 bits per heavy atom. The van der Waals surface area contributed by atoms with Crippen LogP contribution >= 0.6 is 0 Å². The summed E-state index contributed by atoms with van der Waals surface area (Å²) in [7, 11) is 0. The molecule has 0 spiro atoms. The van der Waals surface area contributed by atoms with Crippen LogP contribution in [-0.4, -0.2) is 34.5 Å². The highest BCUT2D eigenvalue weighted by Crippen LogP contribution is 2.29. The second-order valence-corrected chi connectivity index (χ2v) is 6.33.